The van der Waals surface area contributed by atoms with E-state index >= 15 is 0 Å². The van der Waals surface area contributed by atoms with Gasteiger partial charge < -0.3 is 10.3 Å². The van der Waals surface area contributed by atoms with Crippen molar-refractivity contribution in [2.24, 2.45) is 5.84 Å². The van der Waals surface area contributed by atoms with Crippen LogP contribution in [0.15, 0.2) is 6.07 Å². The zero-order chi connectivity index (χ0) is 15.5. The maximum Gasteiger partial charge on any atom is 0.401 e. The Balaban J connectivity index is 2.02. The number of anilines is 2. The smallest absolute Gasteiger partial charge is 0.354 e. The number of nitrogens with zero attached hydrogens (tertiary/aromatic N) is 4. The lowest BCUT2D eigenvalue weighted by atomic mass is 10.3. The summed E-state index contributed by atoms with van der Waals surface area (Å²) in [5.74, 6) is 7.23. The van der Waals surface area contributed by atoms with Gasteiger partial charge in [0.15, 0.2) is 0 Å². The number of nitrogen functional groups attached to an aromatic ring is 1. The summed E-state index contributed by atoms with van der Waals surface area (Å²) in [4.78, 5) is 12.0. The van der Waals surface area contributed by atoms with Crippen molar-refractivity contribution in [1.82, 2.24) is 14.9 Å². The van der Waals surface area contributed by atoms with Gasteiger partial charge in [-0.3, -0.25) is 4.90 Å². The molecular weight excluding hydrogens is 285 g/mol. The van der Waals surface area contributed by atoms with Crippen LogP contribution in [-0.4, -0.2) is 53.8 Å². The Kier molecular flexibility index (Phi) is 4.84. The van der Waals surface area contributed by atoms with Gasteiger partial charge in [-0.2, -0.15) is 13.2 Å². The van der Waals surface area contributed by atoms with Crippen molar-refractivity contribution < 1.29 is 13.2 Å². The minimum Gasteiger partial charge on any atom is -0.354 e. The summed E-state index contributed by atoms with van der Waals surface area (Å²) in [7, 11) is 0. The standard InChI is InChI=1S/C12H19F3N6/c1-2-9-17-10(19-16)7-11(18-9)21-5-3-20(4-6-21)8-12(13,14)15/h7H,2-6,8,16H2,1H3,(H,17,18,19). The molecule has 1 aromatic heterocycles. The Morgan fingerprint density at radius 2 is 1.90 bits per heavy atom. The Hall–Kier alpha value is -1.61. The van der Waals surface area contributed by atoms with Crippen LogP contribution in [0, 0.1) is 0 Å². The SMILES string of the molecule is CCc1nc(NN)cc(N2CCN(CC(F)(F)F)CC2)n1. The maximum atomic E-state index is 12.4. The van der Waals surface area contributed by atoms with Crippen LogP contribution in [0.4, 0.5) is 24.8 Å². The minimum atomic E-state index is -4.15. The molecule has 0 aromatic carbocycles. The average molecular weight is 304 g/mol. The fraction of sp³-hybridized carbons (Fsp3) is 0.667. The molecule has 2 rings (SSSR count). The third-order valence-corrected chi connectivity index (χ3v) is 3.32. The number of halogens is 3. The van der Waals surface area contributed by atoms with E-state index in [9.17, 15) is 13.2 Å². The first kappa shape index (κ1) is 15.8. The average Bonchev–Trinajstić information content (AvgIpc) is 2.45. The van der Waals surface area contributed by atoms with Gasteiger partial charge in [0.2, 0.25) is 0 Å². The number of alkyl halides is 3. The lowest BCUT2D eigenvalue weighted by molar-refractivity contribution is -0.146. The molecule has 0 radical (unpaired) electrons. The molecule has 1 saturated heterocycles. The molecule has 118 valence electrons. The van der Waals surface area contributed by atoms with E-state index in [1.165, 1.54) is 4.90 Å². The summed E-state index contributed by atoms with van der Waals surface area (Å²) in [6, 6.07) is 1.71. The number of aromatic nitrogens is 2. The van der Waals surface area contributed by atoms with Crippen LogP contribution < -0.4 is 16.2 Å². The van der Waals surface area contributed by atoms with E-state index in [0.29, 0.717) is 50.1 Å². The van der Waals surface area contributed by atoms with Crippen LogP contribution in [0.2, 0.25) is 0 Å². The molecule has 1 aliphatic heterocycles. The monoisotopic (exact) mass is 304 g/mol. The molecule has 2 heterocycles. The number of hydrazine groups is 1. The van der Waals surface area contributed by atoms with Gasteiger partial charge in [-0.1, -0.05) is 6.92 Å². The third kappa shape index (κ3) is 4.43. The van der Waals surface area contributed by atoms with Crippen molar-refractivity contribution in [2.45, 2.75) is 19.5 Å². The number of nitrogens with two attached hydrogens (primary N) is 1. The highest BCUT2D eigenvalue weighted by Crippen LogP contribution is 2.20. The first-order chi connectivity index (χ1) is 9.91. The van der Waals surface area contributed by atoms with E-state index in [4.69, 9.17) is 5.84 Å². The lowest BCUT2D eigenvalue weighted by Crippen LogP contribution is -2.49. The molecule has 21 heavy (non-hydrogen) atoms. The number of hydrogen-bond donors (Lipinski definition) is 2. The van der Waals surface area contributed by atoms with Crippen molar-refractivity contribution in [3.05, 3.63) is 11.9 Å². The van der Waals surface area contributed by atoms with Gasteiger partial charge in [0.25, 0.3) is 0 Å². The second-order valence-electron chi connectivity index (χ2n) is 4.90. The number of hydrogen-bond acceptors (Lipinski definition) is 6. The summed E-state index contributed by atoms with van der Waals surface area (Å²) in [6.45, 7) is 2.79. The van der Waals surface area contributed by atoms with Crippen molar-refractivity contribution in [1.29, 1.82) is 0 Å². The number of rotatable bonds is 4. The number of nitrogens with one attached hydrogen (secondary N) is 1. The lowest BCUT2D eigenvalue weighted by Gasteiger charge is -2.35. The van der Waals surface area contributed by atoms with E-state index in [0.717, 1.165) is 0 Å². The Morgan fingerprint density at radius 1 is 1.24 bits per heavy atom. The Morgan fingerprint density at radius 3 is 2.43 bits per heavy atom. The van der Waals surface area contributed by atoms with Gasteiger partial charge >= 0.3 is 6.18 Å². The van der Waals surface area contributed by atoms with Gasteiger partial charge in [-0.05, 0) is 0 Å². The van der Waals surface area contributed by atoms with Gasteiger partial charge in [0.1, 0.15) is 17.5 Å². The van der Waals surface area contributed by atoms with Crippen LogP contribution in [0.25, 0.3) is 0 Å². The molecule has 3 N–H and O–H groups in total. The molecule has 0 aliphatic carbocycles. The molecule has 1 fully saturated rings. The van der Waals surface area contributed by atoms with Crippen LogP contribution >= 0.6 is 0 Å². The Bertz CT molecular complexity index is 448. The summed E-state index contributed by atoms with van der Waals surface area (Å²) >= 11 is 0. The highest BCUT2D eigenvalue weighted by molar-refractivity contribution is 5.49. The first-order valence-electron chi connectivity index (χ1n) is 6.80. The highest BCUT2D eigenvalue weighted by atomic mass is 19.4. The summed E-state index contributed by atoms with van der Waals surface area (Å²) in [6.07, 6.45) is -3.49. The molecular formula is C12H19F3N6. The first-order valence-corrected chi connectivity index (χ1v) is 6.80. The molecule has 0 saturated carbocycles. The predicted octanol–water partition coefficient (Wildman–Crippen LogP) is 1.01. The normalized spacial score (nSPS) is 17.1. The fourth-order valence-electron chi connectivity index (χ4n) is 2.27. The molecule has 1 aromatic rings. The second-order valence-corrected chi connectivity index (χ2v) is 4.90. The van der Waals surface area contributed by atoms with Crippen molar-refractivity contribution >= 4 is 11.6 Å². The van der Waals surface area contributed by atoms with Crippen molar-refractivity contribution in [3.8, 4) is 0 Å². The quantitative estimate of drug-likeness (QED) is 0.639. The fourth-order valence-corrected chi connectivity index (χ4v) is 2.27. The topological polar surface area (TPSA) is 70.3 Å². The van der Waals surface area contributed by atoms with E-state index in [2.05, 4.69) is 15.4 Å². The molecule has 6 nitrogen and oxygen atoms in total. The molecule has 0 amide bonds. The van der Waals surface area contributed by atoms with E-state index in [1.54, 1.807) is 6.07 Å². The van der Waals surface area contributed by atoms with Gasteiger partial charge in [-0.15, -0.1) is 0 Å². The Labute approximate surface area is 121 Å². The number of piperazine rings is 1. The van der Waals surface area contributed by atoms with Crippen LogP contribution in [0.3, 0.4) is 0 Å². The zero-order valence-corrected chi connectivity index (χ0v) is 11.8. The highest BCUT2D eigenvalue weighted by Gasteiger charge is 2.32. The van der Waals surface area contributed by atoms with Gasteiger partial charge in [0, 0.05) is 38.7 Å². The zero-order valence-electron chi connectivity index (χ0n) is 11.8. The molecule has 0 spiro atoms. The van der Waals surface area contributed by atoms with Gasteiger partial charge in [-0.25, -0.2) is 15.8 Å². The maximum absolute atomic E-state index is 12.4. The van der Waals surface area contributed by atoms with Gasteiger partial charge in [0.05, 0.1) is 6.54 Å². The molecule has 1 aliphatic rings. The summed E-state index contributed by atoms with van der Waals surface area (Å²) in [5.41, 5.74) is 2.48. The van der Waals surface area contributed by atoms with Crippen LogP contribution in [0.1, 0.15) is 12.7 Å². The molecule has 0 bridgehead atoms. The third-order valence-electron chi connectivity index (χ3n) is 3.32. The van der Waals surface area contributed by atoms with E-state index in [1.807, 2.05) is 11.8 Å². The molecule has 0 unspecified atom stereocenters. The predicted molar refractivity (Wildman–Crippen MR) is 73.9 cm³/mol. The summed E-state index contributed by atoms with van der Waals surface area (Å²) < 4.78 is 37.1. The van der Waals surface area contributed by atoms with E-state index < -0.39 is 12.7 Å². The largest absolute Gasteiger partial charge is 0.401 e. The van der Waals surface area contributed by atoms with E-state index in [-0.39, 0.29) is 0 Å². The second kappa shape index (κ2) is 6.44. The molecule has 0 atom stereocenters. The van der Waals surface area contributed by atoms with Crippen molar-refractivity contribution in [2.75, 3.05) is 43.0 Å². The summed E-state index contributed by atoms with van der Waals surface area (Å²) in [5, 5.41) is 0. The van der Waals surface area contributed by atoms with Crippen LogP contribution in [0.5, 0.6) is 0 Å². The van der Waals surface area contributed by atoms with Crippen LogP contribution in [-0.2, 0) is 6.42 Å². The molecule has 9 heteroatoms. The number of aryl methyl sites for hydroxylation is 1. The van der Waals surface area contributed by atoms with Crippen molar-refractivity contribution in [3.63, 3.8) is 0 Å². The minimum absolute atomic E-state index is 0.357.